The molecule has 4 rings (SSSR count). The van der Waals surface area contributed by atoms with Gasteiger partial charge in [0.25, 0.3) is 0 Å². The SMILES string of the molecule is Cc1ccc(N=Cc2c(OCc3ccc(Br)cc3)ccc3ccccc23)c(C)c1. The predicted octanol–water partition coefficient (Wildman–Crippen LogP) is 7.55. The van der Waals surface area contributed by atoms with Gasteiger partial charge < -0.3 is 4.74 Å². The normalized spacial score (nSPS) is 11.3. The van der Waals surface area contributed by atoms with Crippen molar-refractivity contribution < 1.29 is 4.74 Å². The molecule has 2 nitrogen and oxygen atoms in total. The Hall–Kier alpha value is -2.91. The van der Waals surface area contributed by atoms with Crippen molar-refractivity contribution in [2.24, 2.45) is 4.99 Å². The van der Waals surface area contributed by atoms with Crippen molar-refractivity contribution in [2.75, 3.05) is 0 Å². The van der Waals surface area contributed by atoms with E-state index in [1.807, 2.05) is 24.4 Å². The molecule has 0 aliphatic heterocycles. The van der Waals surface area contributed by atoms with Gasteiger partial charge in [0.15, 0.2) is 0 Å². The zero-order chi connectivity index (χ0) is 20.2. The lowest BCUT2D eigenvalue weighted by atomic mass is 10.0. The topological polar surface area (TPSA) is 21.6 Å². The standard InChI is InChI=1S/C26H22BrNO/c1-18-7-13-25(19(2)15-18)28-16-24-23-6-4-3-5-21(23)10-14-26(24)29-17-20-8-11-22(27)12-9-20/h3-16H,17H2,1-2H3. The molecule has 0 fully saturated rings. The average molecular weight is 444 g/mol. The second kappa shape index (κ2) is 8.62. The lowest BCUT2D eigenvalue weighted by Gasteiger charge is -2.12. The molecule has 0 saturated carbocycles. The average Bonchev–Trinajstić information content (AvgIpc) is 2.73. The molecule has 144 valence electrons. The molecule has 29 heavy (non-hydrogen) atoms. The van der Waals surface area contributed by atoms with Crippen molar-refractivity contribution in [3.63, 3.8) is 0 Å². The molecule has 0 radical (unpaired) electrons. The zero-order valence-corrected chi connectivity index (χ0v) is 18.1. The Morgan fingerprint density at radius 3 is 2.48 bits per heavy atom. The van der Waals surface area contributed by atoms with Crippen LogP contribution in [-0.2, 0) is 6.61 Å². The maximum absolute atomic E-state index is 6.20. The Bertz CT molecular complexity index is 1180. The molecule has 4 aromatic rings. The number of aliphatic imine (C=N–C) groups is 1. The number of halogens is 1. The van der Waals surface area contributed by atoms with Crippen LogP contribution in [0, 0.1) is 13.8 Å². The number of rotatable bonds is 5. The molecule has 0 atom stereocenters. The van der Waals surface area contributed by atoms with Gasteiger partial charge in [0.2, 0.25) is 0 Å². The molecule has 4 aromatic carbocycles. The van der Waals surface area contributed by atoms with E-state index in [-0.39, 0.29) is 0 Å². The summed E-state index contributed by atoms with van der Waals surface area (Å²) in [5.74, 6) is 0.833. The van der Waals surface area contributed by atoms with E-state index < -0.39 is 0 Å². The van der Waals surface area contributed by atoms with E-state index in [9.17, 15) is 0 Å². The van der Waals surface area contributed by atoms with E-state index in [1.54, 1.807) is 0 Å². The van der Waals surface area contributed by atoms with Gasteiger partial charge in [-0.3, -0.25) is 4.99 Å². The fourth-order valence-electron chi connectivity index (χ4n) is 3.36. The maximum Gasteiger partial charge on any atom is 0.129 e. The summed E-state index contributed by atoms with van der Waals surface area (Å²) in [6.07, 6.45) is 1.93. The summed E-state index contributed by atoms with van der Waals surface area (Å²) in [6, 6.07) is 27.0. The van der Waals surface area contributed by atoms with Gasteiger partial charge in [-0.1, -0.05) is 76.1 Å². The van der Waals surface area contributed by atoms with Crippen LogP contribution < -0.4 is 4.74 Å². The summed E-state index contributed by atoms with van der Waals surface area (Å²) in [4.78, 5) is 4.78. The van der Waals surface area contributed by atoms with Gasteiger partial charge in [-0.2, -0.15) is 0 Å². The van der Waals surface area contributed by atoms with E-state index in [1.165, 1.54) is 16.5 Å². The zero-order valence-electron chi connectivity index (χ0n) is 16.5. The molecular weight excluding hydrogens is 422 g/mol. The highest BCUT2D eigenvalue weighted by molar-refractivity contribution is 9.10. The minimum atomic E-state index is 0.510. The van der Waals surface area contributed by atoms with Crippen LogP contribution in [0.1, 0.15) is 22.3 Å². The second-order valence-corrected chi connectivity index (χ2v) is 8.08. The number of fused-ring (bicyclic) bond motifs is 1. The predicted molar refractivity (Wildman–Crippen MR) is 126 cm³/mol. The second-order valence-electron chi connectivity index (χ2n) is 7.16. The van der Waals surface area contributed by atoms with E-state index in [2.05, 4.69) is 90.4 Å². The molecule has 0 amide bonds. The molecule has 0 aromatic heterocycles. The van der Waals surface area contributed by atoms with Crippen molar-refractivity contribution >= 4 is 38.6 Å². The summed E-state index contributed by atoms with van der Waals surface area (Å²) in [5, 5.41) is 2.31. The smallest absolute Gasteiger partial charge is 0.129 e. The summed E-state index contributed by atoms with van der Waals surface area (Å²) in [6.45, 7) is 4.70. The first-order valence-electron chi connectivity index (χ1n) is 9.60. The van der Waals surface area contributed by atoms with E-state index in [0.717, 1.165) is 32.4 Å². The van der Waals surface area contributed by atoms with Gasteiger partial charge >= 0.3 is 0 Å². The number of hydrogen-bond donors (Lipinski definition) is 0. The monoisotopic (exact) mass is 443 g/mol. The number of ether oxygens (including phenoxy) is 1. The highest BCUT2D eigenvalue weighted by Gasteiger charge is 2.08. The molecule has 3 heteroatoms. The summed E-state index contributed by atoms with van der Waals surface area (Å²) >= 11 is 3.47. The largest absolute Gasteiger partial charge is 0.488 e. The Morgan fingerprint density at radius 2 is 1.69 bits per heavy atom. The van der Waals surface area contributed by atoms with Crippen LogP contribution in [0.2, 0.25) is 0 Å². The lowest BCUT2D eigenvalue weighted by Crippen LogP contribution is -1.99. The molecular formula is C26H22BrNO. The Kier molecular flexibility index (Phi) is 5.77. The van der Waals surface area contributed by atoms with Crippen LogP contribution in [0.3, 0.4) is 0 Å². The maximum atomic E-state index is 6.20. The highest BCUT2D eigenvalue weighted by Crippen LogP contribution is 2.29. The Labute approximate surface area is 180 Å². The first-order chi connectivity index (χ1) is 14.1. The third kappa shape index (κ3) is 4.57. The molecule has 0 aliphatic carbocycles. The van der Waals surface area contributed by atoms with Crippen molar-refractivity contribution in [1.29, 1.82) is 0 Å². The first kappa shape index (κ1) is 19.4. The van der Waals surface area contributed by atoms with Crippen LogP contribution in [0.15, 0.2) is 88.3 Å². The number of benzene rings is 4. The first-order valence-corrected chi connectivity index (χ1v) is 10.4. The van der Waals surface area contributed by atoms with Gasteiger partial charge in [0, 0.05) is 16.3 Å². The highest BCUT2D eigenvalue weighted by atomic mass is 79.9. The quantitative estimate of drug-likeness (QED) is 0.291. The molecule has 0 saturated heterocycles. The summed E-state index contributed by atoms with van der Waals surface area (Å²) < 4.78 is 7.27. The third-order valence-electron chi connectivity index (χ3n) is 4.92. The van der Waals surface area contributed by atoms with Crippen LogP contribution in [-0.4, -0.2) is 6.21 Å². The molecule has 0 heterocycles. The molecule has 0 bridgehead atoms. The van der Waals surface area contributed by atoms with Crippen LogP contribution in [0.5, 0.6) is 5.75 Å². The van der Waals surface area contributed by atoms with E-state index in [0.29, 0.717) is 6.61 Å². The van der Waals surface area contributed by atoms with E-state index in [4.69, 9.17) is 9.73 Å². The number of aryl methyl sites for hydroxylation is 2. The van der Waals surface area contributed by atoms with Gasteiger partial charge in [-0.25, -0.2) is 0 Å². The van der Waals surface area contributed by atoms with Gasteiger partial charge in [0.05, 0.1) is 5.69 Å². The Morgan fingerprint density at radius 1 is 0.897 bits per heavy atom. The van der Waals surface area contributed by atoms with Crippen LogP contribution >= 0.6 is 15.9 Å². The molecule has 0 N–H and O–H groups in total. The fraction of sp³-hybridized carbons (Fsp3) is 0.115. The number of nitrogens with zero attached hydrogens (tertiary/aromatic N) is 1. The van der Waals surface area contributed by atoms with E-state index >= 15 is 0 Å². The Balaban J connectivity index is 1.70. The van der Waals surface area contributed by atoms with Crippen molar-refractivity contribution in [3.05, 3.63) is 106 Å². The molecule has 0 unspecified atom stereocenters. The van der Waals surface area contributed by atoms with Gasteiger partial charge in [-0.15, -0.1) is 0 Å². The molecule has 0 spiro atoms. The van der Waals surface area contributed by atoms with Gasteiger partial charge in [0.1, 0.15) is 12.4 Å². The lowest BCUT2D eigenvalue weighted by molar-refractivity contribution is 0.306. The van der Waals surface area contributed by atoms with Gasteiger partial charge in [-0.05, 0) is 60.0 Å². The van der Waals surface area contributed by atoms with Crippen LogP contribution in [0.25, 0.3) is 10.8 Å². The van der Waals surface area contributed by atoms with Crippen molar-refractivity contribution in [2.45, 2.75) is 20.5 Å². The minimum absolute atomic E-state index is 0.510. The van der Waals surface area contributed by atoms with Crippen molar-refractivity contribution in [1.82, 2.24) is 0 Å². The third-order valence-corrected chi connectivity index (χ3v) is 5.45. The molecule has 0 aliphatic rings. The number of hydrogen-bond acceptors (Lipinski definition) is 2. The summed E-state index contributed by atoms with van der Waals surface area (Å²) in [5.41, 5.74) is 5.50. The summed E-state index contributed by atoms with van der Waals surface area (Å²) in [7, 11) is 0. The fourth-order valence-corrected chi connectivity index (χ4v) is 3.63. The minimum Gasteiger partial charge on any atom is -0.488 e. The van der Waals surface area contributed by atoms with Crippen LogP contribution in [0.4, 0.5) is 5.69 Å². The van der Waals surface area contributed by atoms with Crippen molar-refractivity contribution in [3.8, 4) is 5.75 Å².